The summed E-state index contributed by atoms with van der Waals surface area (Å²) in [6.45, 7) is 5.01. The molecule has 1 aromatic heterocycles. The first-order chi connectivity index (χ1) is 7.91. The van der Waals surface area contributed by atoms with Crippen LogP contribution in [0.3, 0.4) is 0 Å². The summed E-state index contributed by atoms with van der Waals surface area (Å²) in [7, 11) is 3.99. The number of nitrogens with one attached hydrogen (secondary N) is 1. The third kappa shape index (κ3) is 4.16. The Morgan fingerprint density at radius 3 is 2.59 bits per heavy atom. The predicted octanol–water partition coefficient (Wildman–Crippen LogP) is 2.36. The molecule has 1 aromatic rings. The third-order valence-corrected chi connectivity index (χ3v) is 3.16. The highest BCUT2D eigenvalue weighted by Gasteiger charge is 2.20. The second kappa shape index (κ2) is 6.21. The van der Waals surface area contributed by atoms with Gasteiger partial charge in [-0.2, -0.15) is 0 Å². The third-order valence-electron chi connectivity index (χ3n) is 2.55. The Morgan fingerprint density at radius 1 is 1.53 bits per heavy atom. The van der Waals surface area contributed by atoms with Crippen LogP contribution in [0.15, 0.2) is 21.4 Å². The Morgan fingerprint density at radius 2 is 2.18 bits per heavy atom. The average Bonchev–Trinajstić information content (AvgIpc) is 2.62. The van der Waals surface area contributed by atoms with E-state index in [0.717, 1.165) is 6.54 Å². The van der Waals surface area contributed by atoms with E-state index in [1.54, 1.807) is 6.07 Å². The second-order valence-electron chi connectivity index (χ2n) is 4.69. The maximum atomic E-state index is 12.0. The highest BCUT2D eigenvalue weighted by Crippen LogP contribution is 2.17. The number of carbonyl (C=O) groups excluding carboxylic acids is 1. The van der Waals surface area contributed by atoms with E-state index in [2.05, 4.69) is 40.0 Å². The van der Waals surface area contributed by atoms with Crippen LogP contribution >= 0.6 is 15.9 Å². The van der Waals surface area contributed by atoms with Crippen LogP contribution in [0.5, 0.6) is 0 Å². The normalized spacial score (nSPS) is 13.1. The molecule has 0 aliphatic carbocycles. The zero-order valence-corrected chi connectivity index (χ0v) is 12.2. The average molecular weight is 303 g/mol. The van der Waals surface area contributed by atoms with Gasteiger partial charge < -0.3 is 14.6 Å². The molecule has 0 aromatic carbocycles. The number of furan rings is 1. The molecule has 0 aliphatic heterocycles. The van der Waals surface area contributed by atoms with Crippen molar-refractivity contribution in [2.45, 2.75) is 19.9 Å². The molecule has 1 rings (SSSR count). The lowest BCUT2D eigenvalue weighted by molar-refractivity contribution is 0.0915. The van der Waals surface area contributed by atoms with E-state index in [1.165, 1.54) is 6.26 Å². The number of nitrogens with zero attached hydrogens (tertiary/aromatic N) is 1. The van der Waals surface area contributed by atoms with Gasteiger partial charge in [0.05, 0.1) is 11.8 Å². The Kier molecular flexibility index (Phi) is 5.21. The maximum Gasteiger partial charge on any atom is 0.256 e. The first-order valence-electron chi connectivity index (χ1n) is 5.60. The molecule has 0 saturated carbocycles. The van der Waals surface area contributed by atoms with E-state index in [-0.39, 0.29) is 11.9 Å². The fourth-order valence-corrected chi connectivity index (χ4v) is 1.94. The van der Waals surface area contributed by atoms with E-state index < -0.39 is 0 Å². The molecule has 1 atom stereocenters. The van der Waals surface area contributed by atoms with Crippen molar-refractivity contribution < 1.29 is 9.21 Å². The van der Waals surface area contributed by atoms with Crippen molar-refractivity contribution in [2.75, 3.05) is 20.6 Å². The van der Waals surface area contributed by atoms with Gasteiger partial charge in [0.2, 0.25) is 0 Å². The summed E-state index contributed by atoms with van der Waals surface area (Å²) in [6.07, 6.45) is 1.50. The standard InChI is InChI=1S/C12H19BrN2O2/c1-8(2)10(7-15(3)4)14-12(16)9-5-6-17-11(9)13/h5-6,8,10H,7H2,1-4H3,(H,14,16). The van der Waals surface area contributed by atoms with Crippen molar-refractivity contribution in [1.82, 2.24) is 10.2 Å². The van der Waals surface area contributed by atoms with Crippen LogP contribution in [-0.2, 0) is 0 Å². The molecule has 0 saturated heterocycles. The number of hydrogen-bond acceptors (Lipinski definition) is 3. The van der Waals surface area contributed by atoms with Crippen LogP contribution in [0.1, 0.15) is 24.2 Å². The highest BCUT2D eigenvalue weighted by atomic mass is 79.9. The molecule has 5 heteroatoms. The fraction of sp³-hybridized carbons (Fsp3) is 0.583. The molecule has 1 heterocycles. The molecule has 4 nitrogen and oxygen atoms in total. The van der Waals surface area contributed by atoms with Crippen molar-refractivity contribution in [3.05, 3.63) is 22.6 Å². The largest absolute Gasteiger partial charge is 0.457 e. The second-order valence-corrected chi connectivity index (χ2v) is 5.41. The summed E-state index contributed by atoms with van der Waals surface area (Å²) in [5.41, 5.74) is 0.536. The van der Waals surface area contributed by atoms with Gasteiger partial charge in [0.15, 0.2) is 4.67 Å². The summed E-state index contributed by atoms with van der Waals surface area (Å²) in [5, 5.41) is 3.02. The molecule has 0 bridgehead atoms. The van der Waals surface area contributed by atoms with Gasteiger partial charge in [-0.3, -0.25) is 4.79 Å². The lowest BCUT2D eigenvalue weighted by atomic mass is 10.0. The van der Waals surface area contributed by atoms with Gasteiger partial charge >= 0.3 is 0 Å². The number of hydrogen-bond donors (Lipinski definition) is 1. The first kappa shape index (κ1) is 14.3. The Bertz CT molecular complexity index is 374. The molecular weight excluding hydrogens is 284 g/mol. The summed E-state index contributed by atoms with van der Waals surface area (Å²) >= 11 is 3.21. The summed E-state index contributed by atoms with van der Waals surface area (Å²) in [4.78, 5) is 14.1. The van der Waals surface area contributed by atoms with Crippen molar-refractivity contribution in [2.24, 2.45) is 5.92 Å². The molecule has 1 unspecified atom stereocenters. The maximum absolute atomic E-state index is 12.0. The first-order valence-corrected chi connectivity index (χ1v) is 6.39. The van der Waals surface area contributed by atoms with Gasteiger partial charge in [-0.05, 0) is 42.0 Å². The molecule has 0 spiro atoms. The summed E-state index contributed by atoms with van der Waals surface area (Å²) in [5.74, 6) is 0.276. The molecular formula is C12H19BrN2O2. The molecule has 96 valence electrons. The highest BCUT2D eigenvalue weighted by molar-refractivity contribution is 9.10. The van der Waals surface area contributed by atoms with Gasteiger partial charge in [-0.1, -0.05) is 13.8 Å². The zero-order valence-electron chi connectivity index (χ0n) is 10.7. The molecule has 1 N–H and O–H groups in total. The van der Waals surface area contributed by atoms with E-state index in [1.807, 2.05) is 14.1 Å². The summed E-state index contributed by atoms with van der Waals surface area (Å²) < 4.78 is 5.53. The minimum absolute atomic E-state index is 0.105. The Hall–Kier alpha value is -0.810. The molecule has 0 radical (unpaired) electrons. The minimum Gasteiger partial charge on any atom is -0.457 e. The van der Waals surface area contributed by atoms with E-state index in [0.29, 0.717) is 16.2 Å². The number of rotatable bonds is 5. The van der Waals surface area contributed by atoms with Gasteiger partial charge in [0.25, 0.3) is 5.91 Å². The lowest BCUT2D eigenvalue weighted by Crippen LogP contribution is -2.44. The van der Waals surface area contributed by atoms with E-state index in [4.69, 9.17) is 4.42 Å². The minimum atomic E-state index is -0.105. The quantitative estimate of drug-likeness (QED) is 0.908. The van der Waals surface area contributed by atoms with Gasteiger partial charge in [-0.15, -0.1) is 0 Å². The van der Waals surface area contributed by atoms with Crippen molar-refractivity contribution in [3.8, 4) is 0 Å². The van der Waals surface area contributed by atoms with Crippen LogP contribution in [0.25, 0.3) is 0 Å². The number of amides is 1. The van der Waals surface area contributed by atoms with Crippen LogP contribution in [0, 0.1) is 5.92 Å². The summed E-state index contributed by atoms with van der Waals surface area (Å²) in [6, 6.07) is 1.78. The van der Waals surface area contributed by atoms with Crippen LogP contribution < -0.4 is 5.32 Å². The SMILES string of the molecule is CC(C)C(CN(C)C)NC(=O)c1ccoc1Br. The van der Waals surface area contributed by atoms with Crippen LogP contribution in [-0.4, -0.2) is 37.5 Å². The van der Waals surface area contributed by atoms with Gasteiger partial charge in [-0.25, -0.2) is 0 Å². The van der Waals surface area contributed by atoms with Crippen molar-refractivity contribution >= 4 is 21.8 Å². The molecule has 0 aliphatic rings. The fourth-order valence-electron chi connectivity index (χ4n) is 1.52. The lowest BCUT2D eigenvalue weighted by Gasteiger charge is -2.25. The van der Waals surface area contributed by atoms with Crippen LogP contribution in [0.2, 0.25) is 0 Å². The van der Waals surface area contributed by atoms with E-state index >= 15 is 0 Å². The van der Waals surface area contributed by atoms with Crippen molar-refractivity contribution in [1.29, 1.82) is 0 Å². The van der Waals surface area contributed by atoms with Gasteiger partial charge in [0, 0.05) is 12.6 Å². The predicted molar refractivity (Wildman–Crippen MR) is 71.1 cm³/mol. The topological polar surface area (TPSA) is 45.5 Å². The monoisotopic (exact) mass is 302 g/mol. The Labute approximate surface area is 110 Å². The number of halogens is 1. The molecule has 1 amide bonds. The van der Waals surface area contributed by atoms with Crippen LogP contribution in [0.4, 0.5) is 0 Å². The zero-order chi connectivity index (χ0) is 13.0. The number of likely N-dealkylation sites (N-methyl/N-ethyl adjacent to an activating group) is 1. The van der Waals surface area contributed by atoms with E-state index in [9.17, 15) is 4.79 Å². The number of carbonyl (C=O) groups is 1. The molecule has 17 heavy (non-hydrogen) atoms. The van der Waals surface area contributed by atoms with Crippen molar-refractivity contribution in [3.63, 3.8) is 0 Å². The molecule has 0 fully saturated rings. The van der Waals surface area contributed by atoms with Gasteiger partial charge in [0.1, 0.15) is 0 Å². The smallest absolute Gasteiger partial charge is 0.256 e. The Balaban J connectivity index is 2.68.